The van der Waals surface area contributed by atoms with Gasteiger partial charge >= 0.3 is 5.97 Å². The minimum absolute atomic E-state index is 0.402. The molecule has 1 aromatic rings. The fourth-order valence-electron chi connectivity index (χ4n) is 0.827. The lowest BCUT2D eigenvalue weighted by Crippen LogP contribution is -2.19. The van der Waals surface area contributed by atoms with E-state index >= 15 is 0 Å². The van der Waals surface area contributed by atoms with Crippen LogP contribution in [0.2, 0.25) is 0 Å². The summed E-state index contributed by atoms with van der Waals surface area (Å²) in [4.78, 5) is 22.2. The number of nitrogens with one attached hydrogen (secondary N) is 1. The smallest absolute Gasteiger partial charge is 0.328 e. The summed E-state index contributed by atoms with van der Waals surface area (Å²) in [5.74, 6) is -1.55. The molecule has 0 atom stereocenters. The zero-order valence-electron chi connectivity index (χ0n) is 7.57. The van der Waals surface area contributed by atoms with Crippen molar-refractivity contribution in [1.82, 2.24) is 5.32 Å². The molecule has 4 nitrogen and oxygen atoms in total. The van der Waals surface area contributed by atoms with Crippen molar-refractivity contribution >= 4 is 39.1 Å². The van der Waals surface area contributed by atoms with Gasteiger partial charge in [-0.15, -0.1) is 11.3 Å². The largest absolute Gasteiger partial charge is 0.478 e. The molecule has 80 valence electrons. The van der Waals surface area contributed by atoms with Crippen LogP contribution in [0.4, 0.5) is 0 Å². The van der Waals surface area contributed by atoms with Crippen LogP contribution in [0, 0.1) is 0 Å². The maximum absolute atomic E-state index is 11.1. The van der Waals surface area contributed by atoms with Gasteiger partial charge in [-0.25, -0.2) is 4.79 Å². The van der Waals surface area contributed by atoms with Crippen molar-refractivity contribution in [3.05, 3.63) is 32.9 Å². The Morgan fingerprint density at radius 1 is 1.47 bits per heavy atom. The van der Waals surface area contributed by atoms with Gasteiger partial charge in [0, 0.05) is 17.0 Å². The predicted molar refractivity (Wildman–Crippen MR) is 60.6 cm³/mol. The van der Waals surface area contributed by atoms with Gasteiger partial charge < -0.3 is 10.4 Å². The third-order valence-electron chi connectivity index (χ3n) is 1.44. The Kier molecular flexibility index (Phi) is 4.51. The van der Waals surface area contributed by atoms with Gasteiger partial charge in [-0.1, -0.05) is 0 Å². The molecule has 1 rings (SSSR count). The molecule has 15 heavy (non-hydrogen) atoms. The van der Waals surface area contributed by atoms with Crippen molar-refractivity contribution < 1.29 is 14.7 Å². The number of carboxylic acid groups (broad SMARTS) is 1. The first-order chi connectivity index (χ1) is 7.08. The predicted octanol–water partition coefficient (Wildman–Crippen LogP) is 1.77. The maximum atomic E-state index is 11.1. The topological polar surface area (TPSA) is 66.4 Å². The highest BCUT2D eigenvalue weighted by Crippen LogP contribution is 2.21. The van der Waals surface area contributed by atoms with E-state index in [1.165, 1.54) is 11.3 Å². The van der Waals surface area contributed by atoms with E-state index in [9.17, 15) is 9.59 Å². The Hall–Kier alpha value is -1.14. The lowest BCUT2D eigenvalue weighted by Gasteiger charge is -1.97. The summed E-state index contributed by atoms with van der Waals surface area (Å²) < 4.78 is 0.993. The molecule has 0 aliphatic carbocycles. The molecule has 0 fully saturated rings. The molecule has 0 saturated heterocycles. The first kappa shape index (κ1) is 11.9. The highest BCUT2D eigenvalue weighted by Gasteiger charge is 2.00. The van der Waals surface area contributed by atoms with Gasteiger partial charge in [0.1, 0.15) is 0 Å². The quantitative estimate of drug-likeness (QED) is 0.830. The Balaban J connectivity index is 2.37. The van der Waals surface area contributed by atoms with E-state index in [2.05, 4.69) is 21.2 Å². The van der Waals surface area contributed by atoms with Crippen molar-refractivity contribution in [2.75, 3.05) is 0 Å². The number of carbonyl (C=O) groups excluding carboxylic acids is 1. The van der Waals surface area contributed by atoms with E-state index in [4.69, 9.17) is 5.11 Å². The van der Waals surface area contributed by atoms with Crippen LogP contribution >= 0.6 is 27.3 Å². The summed E-state index contributed by atoms with van der Waals surface area (Å²) in [5.41, 5.74) is 0. The normalized spacial score (nSPS) is 10.5. The zero-order valence-corrected chi connectivity index (χ0v) is 9.97. The van der Waals surface area contributed by atoms with Crippen LogP contribution in [0.3, 0.4) is 0 Å². The minimum Gasteiger partial charge on any atom is -0.478 e. The second-order valence-electron chi connectivity index (χ2n) is 2.60. The van der Waals surface area contributed by atoms with Gasteiger partial charge in [0.05, 0.1) is 10.3 Å². The highest BCUT2D eigenvalue weighted by atomic mass is 79.9. The third kappa shape index (κ3) is 4.75. The summed E-state index contributed by atoms with van der Waals surface area (Å²) in [5, 5.41) is 10.8. The Labute approximate surface area is 98.7 Å². The van der Waals surface area contributed by atoms with Crippen LogP contribution < -0.4 is 5.32 Å². The van der Waals surface area contributed by atoms with E-state index in [0.717, 1.165) is 20.8 Å². The number of thiophene rings is 1. The second kappa shape index (κ2) is 5.67. The second-order valence-corrected chi connectivity index (χ2v) is 5.14. The van der Waals surface area contributed by atoms with Gasteiger partial charge in [-0.05, 0) is 28.1 Å². The van der Waals surface area contributed by atoms with E-state index in [0.29, 0.717) is 6.54 Å². The van der Waals surface area contributed by atoms with Crippen LogP contribution in [0.25, 0.3) is 0 Å². The standard InChI is InChI=1S/C9H8BrNO3S/c10-7-2-1-6(15-7)5-11-8(12)3-4-9(13)14/h1-4H,5H2,(H,11,12)(H,13,14)/b4-3+. The average Bonchev–Trinajstić information content (AvgIpc) is 2.58. The monoisotopic (exact) mass is 289 g/mol. The molecule has 0 aromatic carbocycles. The van der Waals surface area contributed by atoms with E-state index in [-0.39, 0.29) is 0 Å². The molecular weight excluding hydrogens is 282 g/mol. The number of rotatable bonds is 4. The summed E-state index contributed by atoms with van der Waals surface area (Å²) >= 11 is 4.82. The van der Waals surface area contributed by atoms with Crippen molar-refractivity contribution in [2.45, 2.75) is 6.54 Å². The molecular formula is C9H8BrNO3S. The van der Waals surface area contributed by atoms with Crippen molar-refractivity contribution in [3.8, 4) is 0 Å². The summed E-state index contributed by atoms with van der Waals surface area (Å²) in [7, 11) is 0. The van der Waals surface area contributed by atoms with E-state index in [1.807, 2.05) is 12.1 Å². The summed E-state index contributed by atoms with van der Waals surface area (Å²) in [6.45, 7) is 0.402. The van der Waals surface area contributed by atoms with Crippen LogP contribution in [0.1, 0.15) is 4.88 Å². The number of amides is 1. The van der Waals surface area contributed by atoms with Crippen molar-refractivity contribution in [3.63, 3.8) is 0 Å². The van der Waals surface area contributed by atoms with Gasteiger partial charge in [0.2, 0.25) is 5.91 Å². The minimum atomic E-state index is -1.14. The first-order valence-corrected chi connectivity index (χ1v) is 5.62. The fourth-order valence-corrected chi connectivity index (χ4v) is 2.25. The molecule has 0 spiro atoms. The van der Waals surface area contributed by atoms with Crippen molar-refractivity contribution in [2.24, 2.45) is 0 Å². The summed E-state index contributed by atoms with van der Waals surface area (Å²) in [6.07, 6.45) is 1.80. The number of hydrogen-bond acceptors (Lipinski definition) is 3. The lowest BCUT2D eigenvalue weighted by atomic mass is 10.4. The SMILES string of the molecule is O=C(O)/C=C/C(=O)NCc1ccc(Br)s1. The van der Waals surface area contributed by atoms with E-state index < -0.39 is 11.9 Å². The Morgan fingerprint density at radius 2 is 2.20 bits per heavy atom. The number of hydrogen-bond donors (Lipinski definition) is 2. The molecule has 0 unspecified atom stereocenters. The number of aliphatic carboxylic acids is 1. The molecule has 0 bridgehead atoms. The van der Waals surface area contributed by atoms with Crippen molar-refractivity contribution in [1.29, 1.82) is 0 Å². The molecule has 0 aliphatic heterocycles. The molecule has 1 heterocycles. The maximum Gasteiger partial charge on any atom is 0.328 e. The fraction of sp³-hybridized carbons (Fsp3) is 0.111. The molecule has 6 heteroatoms. The Bertz CT molecular complexity index is 400. The summed E-state index contributed by atoms with van der Waals surface area (Å²) in [6, 6.07) is 3.77. The van der Waals surface area contributed by atoms with Gasteiger partial charge in [-0.3, -0.25) is 4.79 Å². The van der Waals surface area contributed by atoms with Crippen LogP contribution in [-0.2, 0) is 16.1 Å². The van der Waals surface area contributed by atoms with Gasteiger partial charge in [-0.2, -0.15) is 0 Å². The number of halogens is 1. The van der Waals surface area contributed by atoms with E-state index in [1.54, 1.807) is 0 Å². The van der Waals surface area contributed by atoms with Gasteiger partial charge in [0.15, 0.2) is 0 Å². The zero-order chi connectivity index (χ0) is 11.3. The highest BCUT2D eigenvalue weighted by molar-refractivity contribution is 9.11. The van der Waals surface area contributed by atoms with Crippen LogP contribution in [-0.4, -0.2) is 17.0 Å². The van der Waals surface area contributed by atoms with Gasteiger partial charge in [0.25, 0.3) is 0 Å². The molecule has 0 aliphatic rings. The molecule has 1 aromatic heterocycles. The molecule has 0 radical (unpaired) electrons. The first-order valence-electron chi connectivity index (χ1n) is 4.01. The third-order valence-corrected chi connectivity index (χ3v) is 3.07. The molecule has 2 N–H and O–H groups in total. The van der Waals surface area contributed by atoms with Crippen LogP contribution in [0.5, 0.6) is 0 Å². The van der Waals surface area contributed by atoms with Crippen LogP contribution in [0.15, 0.2) is 28.1 Å². The lowest BCUT2D eigenvalue weighted by molar-refractivity contribution is -0.131. The molecule has 0 saturated carbocycles. The number of carbonyl (C=O) groups is 2. The Morgan fingerprint density at radius 3 is 2.73 bits per heavy atom. The average molecular weight is 290 g/mol. The molecule has 1 amide bonds. The number of carboxylic acids is 1.